The zero-order valence-corrected chi connectivity index (χ0v) is 24.7. The van der Waals surface area contributed by atoms with Crippen LogP contribution in [0.15, 0.2) is 79.0 Å². The summed E-state index contributed by atoms with van der Waals surface area (Å²) in [4.78, 5) is 4.76. The number of fused-ring (bicyclic) bond motifs is 2. The van der Waals surface area contributed by atoms with Crippen LogP contribution in [0.3, 0.4) is 0 Å². The molecule has 1 aromatic heterocycles. The van der Waals surface area contributed by atoms with E-state index >= 15 is 0 Å². The Hall–Kier alpha value is -4.15. The third-order valence-electron chi connectivity index (χ3n) is 7.18. The summed E-state index contributed by atoms with van der Waals surface area (Å²) >= 11 is 0. The van der Waals surface area contributed by atoms with Crippen molar-refractivity contribution in [3.05, 3.63) is 79.0 Å². The summed E-state index contributed by atoms with van der Waals surface area (Å²) < 4.78 is 46.7. The van der Waals surface area contributed by atoms with Gasteiger partial charge in [0.1, 0.15) is 26.4 Å². The number of hydrogen-bond donors (Lipinski definition) is 0. The van der Waals surface area contributed by atoms with Gasteiger partial charge in [-0.3, -0.25) is 4.98 Å². The second-order valence-electron chi connectivity index (χ2n) is 10.1. The van der Waals surface area contributed by atoms with Crippen molar-refractivity contribution in [3.63, 3.8) is 0 Å². The van der Waals surface area contributed by atoms with Crippen molar-refractivity contribution in [1.82, 2.24) is 4.98 Å². The second kappa shape index (κ2) is 15.5. The van der Waals surface area contributed by atoms with Gasteiger partial charge in [-0.25, -0.2) is 0 Å². The van der Waals surface area contributed by atoms with Crippen LogP contribution in [-0.4, -0.2) is 84.3 Å². The first-order valence-corrected chi connectivity index (χ1v) is 15.0. The predicted octanol–water partition coefficient (Wildman–Crippen LogP) is 5.69. The van der Waals surface area contributed by atoms with E-state index in [1.165, 1.54) is 0 Å². The Morgan fingerprint density at radius 3 is 1.32 bits per heavy atom. The summed E-state index contributed by atoms with van der Waals surface area (Å²) in [6, 6.07) is 24.2. The van der Waals surface area contributed by atoms with Crippen molar-refractivity contribution in [2.24, 2.45) is 0 Å². The molecule has 0 atom stereocenters. The molecule has 0 saturated heterocycles. The minimum atomic E-state index is 0.404. The molecule has 0 N–H and O–H groups in total. The van der Waals surface area contributed by atoms with E-state index in [0.29, 0.717) is 102 Å². The van der Waals surface area contributed by atoms with E-state index in [4.69, 9.17) is 42.9 Å². The zero-order chi connectivity index (χ0) is 29.8. The van der Waals surface area contributed by atoms with Crippen LogP contribution < -0.4 is 18.9 Å². The maximum Gasteiger partial charge on any atom is 0.161 e. The first-order chi connectivity index (χ1) is 21.9. The smallest absolute Gasteiger partial charge is 0.161 e. The molecule has 2 aliphatic heterocycles. The lowest BCUT2D eigenvalue weighted by Gasteiger charge is -2.19. The average Bonchev–Trinajstić information content (AvgIpc) is 3.05. The minimum absolute atomic E-state index is 0.404. The number of nitrogens with zero attached hydrogens (tertiary/aromatic N) is 1. The normalized spacial score (nSPS) is 16.8. The topological polar surface area (TPSA) is 86.7 Å². The molecule has 4 aromatic rings. The maximum atomic E-state index is 6.15. The Morgan fingerprint density at radius 2 is 0.864 bits per heavy atom. The Kier molecular flexibility index (Phi) is 10.6. The van der Waals surface area contributed by atoms with Crippen LogP contribution in [-0.2, 0) is 18.9 Å². The summed E-state index contributed by atoms with van der Waals surface area (Å²) in [6.07, 6.45) is 1.81. The zero-order valence-electron chi connectivity index (χ0n) is 24.7. The number of pyridine rings is 1. The molecule has 2 aliphatic rings. The Labute approximate surface area is 257 Å². The summed E-state index contributed by atoms with van der Waals surface area (Å²) in [5.41, 5.74) is 5.81. The maximum absolute atomic E-state index is 6.15. The van der Waals surface area contributed by atoms with E-state index < -0.39 is 0 Å². The van der Waals surface area contributed by atoms with E-state index in [1.807, 2.05) is 48.7 Å². The highest BCUT2D eigenvalue weighted by atomic mass is 16.6. The third kappa shape index (κ3) is 7.67. The molecule has 9 nitrogen and oxygen atoms in total. The second-order valence-corrected chi connectivity index (χ2v) is 10.1. The molecule has 3 aromatic carbocycles. The van der Waals surface area contributed by atoms with Gasteiger partial charge in [0.2, 0.25) is 0 Å². The fourth-order valence-corrected chi connectivity index (χ4v) is 5.12. The van der Waals surface area contributed by atoms with Crippen molar-refractivity contribution in [2.75, 3.05) is 79.3 Å². The minimum Gasteiger partial charge on any atom is -0.487 e. The lowest BCUT2D eigenvalue weighted by molar-refractivity contribution is 0.0223. The molecule has 230 valence electrons. The Balaban J connectivity index is 1.40. The van der Waals surface area contributed by atoms with E-state index in [0.717, 1.165) is 33.5 Å². The molecular weight excluding hydrogens is 562 g/mol. The summed E-state index contributed by atoms with van der Waals surface area (Å²) in [7, 11) is 0. The van der Waals surface area contributed by atoms with E-state index in [2.05, 4.69) is 30.3 Å². The molecule has 0 amide bonds. The van der Waals surface area contributed by atoms with Gasteiger partial charge in [-0.2, -0.15) is 0 Å². The lowest BCUT2D eigenvalue weighted by atomic mass is 9.89. The third-order valence-corrected chi connectivity index (χ3v) is 7.18. The van der Waals surface area contributed by atoms with Crippen LogP contribution in [0.2, 0.25) is 0 Å². The number of rotatable bonds is 3. The Morgan fingerprint density at radius 1 is 0.409 bits per heavy atom. The fraction of sp³-hybridized carbons (Fsp3) is 0.343. The molecule has 0 radical (unpaired) electrons. The number of hydrogen-bond acceptors (Lipinski definition) is 9. The van der Waals surface area contributed by atoms with Gasteiger partial charge in [-0.05, 0) is 58.7 Å². The molecule has 44 heavy (non-hydrogen) atoms. The van der Waals surface area contributed by atoms with E-state index in [-0.39, 0.29) is 0 Å². The molecule has 0 saturated carbocycles. The monoisotopic (exact) mass is 599 g/mol. The van der Waals surface area contributed by atoms with Crippen LogP contribution >= 0.6 is 0 Å². The Bertz CT molecular complexity index is 1410. The van der Waals surface area contributed by atoms with Gasteiger partial charge in [-0.1, -0.05) is 36.4 Å². The van der Waals surface area contributed by atoms with Gasteiger partial charge in [0.05, 0.1) is 58.5 Å². The van der Waals surface area contributed by atoms with Crippen LogP contribution in [0.25, 0.3) is 33.5 Å². The summed E-state index contributed by atoms with van der Waals surface area (Å²) in [5.74, 6) is 2.64. The van der Waals surface area contributed by atoms with Gasteiger partial charge < -0.3 is 37.9 Å². The first kappa shape index (κ1) is 29.9. The van der Waals surface area contributed by atoms with Crippen LogP contribution in [0.4, 0.5) is 0 Å². The molecule has 0 unspecified atom stereocenters. The molecule has 0 fully saturated rings. The molecule has 6 rings (SSSR count). The summed E-state index contributed by atoms with van der Waals surface area (Å²) in [6.45, 7) is 5.67. The van der Waals surface area contributed by atoms with Gasteiger partial charge >= 0.3 is 0 Å². The largest absolute Gasteiger partial charge is 0.487 e. The van der Waals surface area contributed by atoms with Crippen molar-refractivity contribution in [3.8, 4) is 56.5 Å². The molecule has 3 heterocycles. The van der Waals surface area contributed by atoms with Crippen molar-refractivity contribution >= 4 is 0 Å². The summed E-state index contributed by atoms with van der Waals surface area (Å²) in [5, 5.41) is 0. The van der Waals surface area contributed by atoms with Crippen molar-refractivity contribution in [1.29, 1.82) is 0 Å². The van der Waals surface area contributed by atoms with Gasteiger partial charge in [0, 0.05) is 11.8 Å². The molecule has 0 aliphatic carbocycles. The molecule has 0 bridgehead atoms. The molecule has 0 spiro atoms. The highest BCUT2D eigenvalue weighted by Crippen LogP contribution is 2.43. The standard InChI is InChI=1S/C35H37NO8/c1-2-11-36-30(6-1)35-28(26-7-9-31-33(24-26)43-22-18-39-14-12-37-16-20-41-31)4-3-5-29(35)27-8-10-32-34(25-27)44-23-19-40-15-13-38-17-21-42-32/h1-11,24-25H,12-23H2. The molecule has 9 heteroatoms. The van der Waals surface area contributed by atoms with Crippen molar-refractivity contribution in [2.45, 2.75) is 0 Å². The predicted molar refractivity (Wildman–Crippen MR) is 166 cm³/mol. The van der Waals surface area contributed by atoms with E-state index in [9.17, 15) is 0 Å². The van der Waals surface area contributed by atoms with Gasteiger partial charge in [0.25, 0.3) is 0 Å². The van der Waals surface area contributed by atoms with E-state index in [1.54, 1.807) is 0 Å². The first-order valence-electron chi connectivity index (χ1n) is 15.0. The number of ether oxygens (including phenoxy) is 8. The van der Waals surface area contributed by atoms with Crippen LogP contribution in [0.5, 0.6) is 23.0 Å². The van der Waals surface area contributed by atoms with Crippen LogP contribution in [0.1, 0.15) is 0 Å². The molecular formula is C35H37NO8. The average molecular weight is 600 g/mol. The SMILES string of the molecule is c1ccc(-c2c(-c3ccc4c(c3)OCCOCCOCCO4)cccc2-c2ccc3c(c2)OCCOCCOCCO3)nc1. The quantitative estimate of drug-likeness (QED) is 0.295. The number of aromatic nitrogens is 1. The fourth-order valence-electron chi connectivity index (χ4n) is 5.12. The highest BCUT2D eigenvalue weighted by molar-refractivity contribution is 5.94. The van der Waals surface area contributed by atoms with Crippen molar-refractivity contribution < 1.29 is 37.9 Å². The number of benzene rings is 3. The van der Waals surface area contributed by atoms with Crippen LogP contribution in [0, 0.1) is 0 Å². The van der Waals surface area contributed by atoms with Gasteiger partial charge in [0.15, 0.2) is 23.0 Å². The van der Waals surface area contributed by atoms with Gasteiger partial charge in [-0.15, -0.1) is 0 Å². The lowest BCUT2D eigenvalue weighted by Crippen LogP contribution is -2.15. The highest BCUT2D eigenvalue weighted by Gasteiger charge is 2.19.